The SMILES string of the molecule is Cc1c[nH]c2ccc(CNC(=O)Cn3c(C)cnc(NC[N+]4(CC(C)(C)C)CCCC4)c3=O)cc12. The molecular formula is C27H39N6O2+. The van der Waals surface area contributed by atoms with Gasteiger partial charge in [0.05, 0.1) is 19.6 Å². The van der Waals surface area contributed by atoms with Gasteiger partial charge in [0.1, 0.15) is 6.54 Å². The molecule has 1 amide bonds. The van der Waals surface area contributed by atoms with E-state index in [2.05, 4.69) is 54.4 Å². The Labute approximate surface area is 207 Å². The Bertz CT molecular complexity index is 1260. The number of nitrogens with one attached hydrogen (secondary N) is 3. The van der Waals surface area contributed by atoms with Gasteiger partial charge in [-0.05, 0) is 37.1 Å². The zero-order valence-corrected chi connectivity index (χ0v) is 21.7. The summed E-state index contributed by atoms with van der Waals surface area (Å²) in [5.74, 6) is 0.115. The van der Waals surface area contributed by atoms with E-state index < -0.39 is 0 Å². The van der Waals surface area contributed by atoms with Crippen LogP contribution in [0.1, 0.15) is 50.4 Å². The average Bonchev–Trinajstić information content (AvgIpc) is 3.40. The number of likely N-dealkylation sites (tertiary alicyclic amines) is 1. The van der Waals surface area contributed by atoms with Gasteiger partial charge in [-0.25, -0.2) is 4.98 Å². The lowest BCUT2D eigenvalue weighted by Gasteiger charge is -2.39. The summed E-state index contributed by atoms with van der Waals surface area (Å²) >= 11 is 0. The molecule has 0 bridgehead atoms. The Morgan fingerprint density at radius 3 is 2.66 bits per heavy atom. The number of amides is 1. The Kier molecular flexibility index (Phi) is 7.03. The van der Waals surface area contributed by atoms with Crippen LogP contribution in [0.15, 0.2) is 35.4 Å². The lowest BCUT2D eigenvalue weighted by molar-refractivity contribution is -0.919. The van der Waals surface area contributed by atoms with Crippen LogP contribution in [0.2, 0.25) is 0 Å². The van der Waals surface area contributed by atoms with Crippen LogP contribution in [-0.4, -0.2) is 51.2 Å². The van der Waals surface area contributed by atoms with Crippen LogP contribution in [0.5, 0.6) is 0 Å². The van der Waals surface area contributed by atoms with Crippen LogP contribution in [0, 0.1) is 19.3 Å². The summed E-state index contributed by atoms with van der Waals surface area (Å²) in [7, 11) is 0. The number of nitrogens with zero attached hydrogens (tertiary/aromatic N) is 3. The predicted octanol–water partition coefficient (Wildman–Crippen LogP) is 3.68. The molecule has 1 fully saturated rings. The molecule has 0 unspecified atom stereocenters. The first kappa shape index (κ1) is 25.0. The number of aryl methyl sites for hydroxylation is 2. The Hall–Kier alpha value is -3.13. The molecule has 0 spiro atoms. The number of carbonyl (C=O) groups is 1. The minimum Gasteiger partial charge on any atom is -0.361 e. The lowest BCUT2D eigenvalue weighted by Crippen LogP contribution is -2.53. The minimum absolute atomic E-state index is 0.0325. The second kappa shape index (κ2) is 9.85. The van der Waals surface area contributed by atoms with Crippen molar-refractivity contribution in [1.82, 2.24) is 19.9 Å². The topological polar surface area (TPSA) is 91.8 Å². The molecule has 3 aromatic rings. The number of carbonyl (C=O) groups excluding carboxylic acids is 1. The fourth-order valence-electron chi connectivity index (χ4n) is 5.33. The lowest BCUT2D eigenvalue weighted by atomic mass is 9.95. The van der Waals surface area contributed by atoms with E-state index in [0.29, 0.717) is 24.7 Å². The standard InChI is InChI=1S/C27H38N6O2/c1-19-13-28-23-9-8-21(12-22(19)23)15-29-24(34)16-32-20(2)14-30-25(26(32)35)31-18-33(10-6-7-11-33)17-27(3,4)5/h8-9,12-14,28H,6-7,10-11,15-18H2,1-5H3,(H-,29,30,31,34)/p+1. The number of aromatic amines is 1. The van der Waals surface area contributed by atoms with E-state index in [-0.39, 0.29) is 23.4 Å². The molecule has 3 N–H and O–H groups in total. The minimum atomic E-state index is -0.252. The summed E-state index contributed by atoms with van der Waals surface area (Å²) < 4.78 is 2.45. The van der Waals surface area contributed by atoms with Gasteiger partial charge in [0, 0.05) is 53.8 Å². The third-order valence-corrected chi connectivity index (χ3v) is 6.90. The van der Waals surface area contributed by atoms with Gasteiger partial charge in [0.25, 0.3) is 5.56 Å². The van der Waals surface area contributed by atoms with Crippen molar-refractivity contribution in [1.29, 1.82) is 0 Å². The largest absolute Gasteiger partial charge is 0.361 e. The van der Waals surface area contributed by atoms with Gasteiger partial charge < -0.3 is 20.1 Å². The second-order valence-electron chi connectivity index (χ2n) is 11.3. The number of benzene rings is 1. The molecule has 3 heterocycles. The third kappa shape index (κ3) is 5.93. The summed E-state index contributed by atoms with van der Waals surface area (Å²) in [4.78, 5) is 33.5. The molecule has 0 saturated carbocycles. The number of hydrogen-bond donors (Lipinski definition) is 3. The van der Waals surface area contributed by atoms with E-state index in [9.17, 15) is 9.59 Å². The smallest absolute Gasteiger partial charge is 0.294 e. The van der Waals surface area contributed by atoms with Crippen molar-refractivity contribution >= 4 is 22.6 Å². The molecule has 4 rings (SSSR count). The average molecular weight is 480 g/mol. The molecule has 0 radical (unpaired) electrons. The molecule has 0 aliphatic carbocycles. The summed E-state index contributed by atoms with van der Waals surface area (Å²) in [5.41, 5.74) is 3.89. The maximum Gasteiger partial charge on any atom is 0.294 e. The fraction of sp³-hybridized carbons (Fsp3) is 0.519. The first-order chi connectivity index (χ1) is 16.6. The Morgan fingerprint density at radius 1 is 1.20 bits per heavy atom. The van der Waals surface area contributed by atoms with Crippen molar-refractivity contribution in [3.05, 3.63) is 57.8 Å². The van der Waals surface area contributed by atoms with Gasteiger partial charge in [-0.3, -0.25) is 14.2 Å². The molecule has 188 valence electrons. The normalized spacial score (nSPS) is 15.5. The molecular weight excluding hydrogens is 440 g/mol. The first-order valence-electron chi connectivity index (χ1n) is 12.5. The first-order valence-corrected chi connectivity index (χ1v) is 12.5. The molecule has 8 nitrogen and oxygen atoms in total. The molecule has 1 aliphatic heterocycles. The number of hydrogen-bond acceptors (Lipinski definition) is 4. The maximum atomic E-state index is 13.2. The molecule has 1 aromatic carbocycles. The number of rotatable bonds is 8. The molecule has 35 heavy (non-hydrogen) atoms. The summed E-state index contributed by atoms with van der Waals surface area (Å²) in [6, 6.07) is 6.11. The van der Waals surface area contributed by atoms with Gasteiger partial charge in [-0.1, -0.05) is 26.8 Å². The van der Waals surface area contributed by atoms with Gasteiger partial charge in [0.2, 0.25) is 5.91 Å². The van der Waals surface area contributed by atoms with Crippen LogP contribution in [0.4, 0.5) is 5.82 Å². The van der Waals surface area contributed by atoms with Gasteiger partial charge in [-0.15, -0.1) is 0 Å². The van der Waals surface area contributed by atoms with Crippen molar-refractivity contribution in [3.8, 4) is 0 Å². The van der Waals surface area contributed by atoms with Crippen LogP contribution in [-0.2, 0) is 17.9 Å². The number of H-pyrrole nitrogens is 1. The van der Waals surface area contributed by atoms with Crippen LogP contribution in [0.25, 0.3) is 10.9 Å². The highest BCUT2D eigenvalue weighted by molar-refractivity contribution is 5.83. The van der Waals surface area contributed by atoms with Gasteiger partial charge in [0.15, 0.2) is 12.5 Å². The Balaban J connectivity index is 1.41. The van der Waals surface area contributed by atoms with Crippen molar-refractivity contribution in [2.45, 2.75) is 60.5 Å². The summed E-state index contributed by atoms with van der Waals surface area (Å²) in [6.45, 7) is 15.0. The Morgan fingerprint density at radius 2 is 1.94 bits per heavy atom. The van der Waals surface area contributed by atoms with Gasteiger partial charge in [-0.2, -0.15) is 0 Å². The second-order valence-corrected chi connectivity index (χ2v) is 11.3. The predicted molar refractivity (Wildman–Crippen MR) is 140 cm³/mol. The molecule has 8 heteroatoms. The van der Waals surface area contributed by atoms with E-state index in [1.54, 1.807) is 6.20 Å². The van der Waals surface area contributed by atoms with Crippen molar-refractivity contribution < 1.29 is 9.28 Å². The van der Waals surface area contributed by atoms with Crippen molar-refractivity contribution in [2.24, 2.45) is 5.41 Å². The highest BCUT2D eigenvalue weighted by atomic mass is 16.2. The molecule has 1 saturated heterocycles. The maximum absolute atomic E-state index is 13.2. The number of fused-ring (bicyclic) bond motifs is 1. The number of aromatic nitrogens is 3. The highest BCUT2D eigenvalue weighted by Gasteiger charge is 2.36. The van der Waals surface area contributed by atoms with E-state index >= 15 is 0 Å². The summed E-state index contributed by atoms with van der Waals surface area (Å²) in [6.07, 6.45) is 6.06. The third-order valence-electron chi connectivity index (χ3n) is 6.90. The number of anilines is 1. The van der Waals surface area contributed by atoms with Crippen LogP contribution in [0.3, 0.4) is 0 Å². The molecule has 2 aromatic heterocycles. The zero-order chi connectivity index (χ0) is 25.2. The van der Waals surface area contributed by atoms with Crippen molar-refractivity contribution in [2.75, 3.05) is 31.6 Å². The summed E-state index contributed by atoms with van der Waals surface area (Å²) in [5, 5.41) is 7.43. The molecule has 0 atom stereocenters. The van der Waals surface area contributed by atoms with E-state index in [4.69, 9.17) is 0 Å². The van der Waals surface area contributed by atoms with Crippen LogP contribution >= 0.6 is 0 Å². The zero-order valence-electron chi connectivity index (χ0n) is 21.7. The highest BCUT2D eigenvalue weighted by Crippen LogP contribution is 2.27. The number of quaternary nitrogens is 1. The van der Waals surface area contributed by atoms with E-state index in [1.165, 1.54) is 23.0 Å². The molecule has 1 aliphatic rings. The van der Waals surface area contributed by atoms with E-state index in [1.807, 2.05) is 25.3 Å². The van der Waals surface area contributed by atoms with Crippen LogP contribution < -0.4 is 16.2 Å². The quantitative estimate of drug-likeness (QED) is 0.430. The monoisotopic (exact) mass is 479 g/mol. The fourth-order valence-corrected chi connectivity index (χ4v) is 5.33. The van der Waals surface area contributed by atoms with E-state index in [0.717, 1.165) is 40.6 Å². The van der Waals surface area contributed by atoms with Gasteiger partial charge >= 0.3 is 0 Å². The van der Waals surface area contributed by atoms with Crippen molar-refractivity contribution in [3.63, 3.8) is 0 Å².